The lowest BCUT2D eigenvalue weighted by atomic mass is 10.1. The van der Waals surface area contributed by atoms with E-state index in [1.165, 1.54) is 6.92 Å². The van der Waals surface area contributed by atoms with E-state index < -0.39 is 24.1 Å². The van der Waals surface area contributed by atoms with Crippen LogP contribution in [0, 0.1) is 0 Å². The molecule has 0 aliphatic heterocycles. The molecule has 0 fully saturated rings. The zero-order chi connectivity index (χ0) is 10.4. The molecule has 0 aromatic carbocycles. The van der Waals surface area contributed by atoms with Crippen molar-refractivity contribution in [2.45, 2.75) is 25.1 Å². The molecule has 0 saturated carbocycles. The Labute approximate surface area is 82.1 Å². The lowest BCUT2D eigenvalue weighted by Crippen LogP contribution is -2.53. The van der Waals surface area contributed by atoms with E-state index in [0.29, 0.717) is 6.29 Å². The molecule has 0 spiro atoms. The first-order valence-corrected chi connectivity index (χ1v) is 4.45. The molecular weight excluding hydrogens is 192 g/mol. The van der Waals surface area contributed by atoms with Crippen LogP contribution >= 0.6 is 12.6 Å². The maximum Gasteiger partial charge on any atom is 0.237 e. The molecule has 1 amide bonds. The van der Waals surface area contributed by atoms with Gasteiger partial charge in [0.1, 0.15) is 12.3 Å². The summed E-state index contributed by atoms with van der Waals surface area (Å²) in [5.41, 5.74) is 4.99. The van der Waals surface area contributed by atoms with Crippen molar-refractivity contribution >= 4 is 24.8 Å². The van der Waals surface area contributed by atoms with Gasteiger partial charge in [-0.2, -0.15) is 12.6 Å². The van der Waals surface area contributed by atoms with Gasteiger partial charge in [-0.3, -0.25) is 10.1 Å². The fraction of sp³-hybridized carbons (Fsp3) is 0.714. The van der Waals surface area contributed by atoms with E-state index in [1.807, 2.05) is 0 Å². The Bertz CT molecular complexity index is 187. The largest absolute Gasteiger partial charge is 0.391 e. The number of carbonyl (C=O) groups excluding carboxylic acids is 2. The monoisotopic (exact) mass is 206 g/mol. The lowest BCUT2D eigenvalue weighted by Gasteiger charge is -2.20. The summed E-state index contributed by atoms with van der Waals surface area (Å²) in [6, 6.07) is -1.49. The molecule has 76 valence electrons. The number of amides is 1. The van der Waals surface area contributed by atoms with Gasteiger partial charge in [-0.05, 0) is 6.92 Å². The predicted octanol–water partition coefficient (Wildman–Crippen LogP) is -1.69. The van der Waals surface area contributed by atoms with Crippen molar-refractivity contribution in [1.29, 1.82) is 0 Å². The SMILES string of the molecule is CC(O)C(NC(C=O)CS)C(N)=O. The van der Waals surface area contributed by atoms with E-state index in [1.54, 1.807) is 0 Å². The molecule has 0 radical (unpaired) electrons. The zero-order valence-corrected chi connectivity index (χ0v) is 8.20. The maximum atomic E-state index is 10.8. The van der Waals surface area contributed by atoms with Gasteiger partial charge in [0.05, 0.1) is 12.1 Å². The van der Waals surface area contributed by atoms with Crippen LogP contribution in [0.3, 0.4) is 0 Å². The number of thiol groups is 1. The summed E-state index contributed by atoms with van der Waals surface area (Å²) < 4.78 is 0. The number of hydrogen-bond acceptors (Lipinski definition) is 5. The first kappa shape index (κ1) is 12.4. The summed E-state index contributed by atoms with van der Waals surface area (Å²) in [7, 11) is 0. The van der Waals surface area contributed by atoms with Gasteiger partial charge in [-0.1, -0.05) is 0 Å². The van der Waals surface area contributed by atoms with Crippen LogP contribution < -0.4 is 11.1 Å². The third-order valence-electron chi connectivity index (χ3n) is 1.54. The van der Waals surface area contributed by atoms with Crippen molar-refractivity contribution in [2.24, 2.45) is 5.73 Å². The van der Waals surface area contributed by atoms with Crippen molar-refractivity contribution in [1.82, 2.24) is 5.32 Å². The van der Waals surface area contributed by atoms with Gasteiger partial charge >= 0.3 is 0 Å². The number of primary amides is 1. The van der Waals surface area contributed by atoms with Gasteiger partial charge < -0.3 is 15.6 Å². The van der Waals surface area contributed by atoms with Gasteiger partial charge in [-0.25, -0.2) is 0 Å². The van der Waals surface area contributed by atoms with E-state index >= 15 is 0 Å². The van der Waals surface area contributed by atoms with Gasteiger partial charge in [0.15, 0.2) is 0 Å². The van der Waals surface area contributed by atoms with Crippen molar-refractivity contribution in [3.63, 3.8) is 0 Å². The molecule has 3 unspecified atom stereocenters. The second-order valence-electron chi connectivity index (χ2n) is 2.71. The van der Waals surface area contributed by atoms with Crippen molar-refractivity contribution < 1.29 is 14.7 Å². The van der Waals surface area contributed by atoms with E-state index in [9.17, 15) is 9.59 Å². The van der Waals surface area contributed by atoms with Crippen LogP contribution in [0.5, 0.6) is 0 Å². The average Bonchev–Trinajstić information content (AvgIpc) is 2.05. The van der Waals surface area contributed by atoms with Gasteiger partial charge in [0, 0.05) is 5.75 Å². The van der Waals surface area contributed by atoms with Gasteiger partial charge in [0.2, 0.25) is 5.91 Å². The van der Waals surface area contributed by atoms with Crippen molar-refractivity contribution in [3.8, 4) is 0 Å². The Kier molecular flexibility index (Phi) is 5.68. The van der Waals surface area contributed by atoms with E-state index in [4.69, 9.17) is 10.8 Å². The first-order chi connectivity index (χ1) is 6.02. The van der Waals surface area contributed by atoms with Gasteiger partial charge in [0.25, 0.3) is 0 Å². The Morgan fingerprint density at radius 3 is 2.54 bits per heavy atom. The molecule has 0 aromatic heterocycles. The predicted molar refractivity (Wildman–Crippen MR) is 51.5 cm³/mol. The average molecular weight is 206 g/mol. The molecule has 3 atom stereocenters. The normalized spacial score (nSPS) is 17.5. The smallest absolute Gasteiger partial charge is 0.237 e. The number of carbonyl (C=O) groups is 2. The van der Waals surface area contributed by atoms with Crippen molar-refractivity contribution in [2.75, 3.05) is 5.75 Å². The van der Waals surface area contributed by atoms with Crippen LogP contribution in [0.15, 0.2) is 0 Å². The topological polar surface area (TPSA) is 92.4 Å². The fourth-order valence-electron chi connectivity index (χ4n) is 0.825. The molecule has 0 aliphatic rings. The summed E-state index contributed by atoms with van der Waals surface area (Å²) in [4.78, 5) is 21.1. The maximum absolute atomic E-state index is 10.8. The lowest BCUT2D eigenvalue weighted by molar-refractivity contribution is -0.122. The van der Waals surface area contributed by atoms with Crippen LogP contribution in [-0.4, -0.2) is 41.2 Å². The number of nitrogens with one attached hydrogen (secondary N) is 1. The summed E-state index contributed by atoms with van der Waals surface area (Å²) >= 11 is 3.88. The first-order valence-electron chi connectivity index (χ1n) is 3.82. The van der Waals surface area contributed by atoms with Gasteiger partial charge in [-0.15, -0.1) is 0 Å². The minimum atomic E-state index is -0.931. The summed E-state index contributed by atoms with van der Waals surface area (Å²) in [5.74, 6) is -0.441. The number of aliphatic hydroxyl groups is 1. The fourth-order valence-corrected chi connectivity index (χ4v) is 1.02. The Balaban J connectivity index is 4.24. The number of nitrogens with two attached hydrogens (primary N) is 1. The van der Waals surface area contributed by atoms with E-state index in [2.05, 4.69) is 17.9 Å². The molecular formula is C7H14N2O3S. The van der Waals surface area contributed by atoms with E-state index in [0.717, 1.165) is 0 Å². The molecule has 0 aliphatic carbocycles. The molecule has 0 heterocycles. The molecule has 5 nitrogen and oxygen atoms in total. The highest BCUT2D eigenvalue weighted by atomic mass is 32.1. The number of aliphatic hydroxyl groups excluding tert-OH is 1. The second kappa shape index (κ2) is 5.95. The number of hydrogen-bond donors (Lipinski definition) is 4. The molecule has 0 rings (SSSR count). The molecule has 0 saturated heterocycles. The summed E-state index contributed by atoms with van der Waals surface area (Å²) in [6.07, 6.45) is -0.314. The Morgan fingerprint density at radius 1 is 1.77 bits per heavy atom. The second-order valence-corrected chi connectivity index (χ2v) is 3.08. The van der Waals surface area contributed by atoms with Crippen LogP contribution in [0.1, 0.15) is 6.92 Å². The Morgan fingerprint density at radius 2 is 2.31 bits per heavy atom. The zero-order valence-electron chi connectivity index (χ0n) is 7.30. The quantitative estimate of drug-likeness (QED) is 0.308. The Hall–Kier alpha value is -0.590. The third kappa shape index (κ3) is 4.25. The highest BCUT2D eigenvalue weighted by molar-refractivity contribution is 7.80. The minimum Gasteiger partial charge on any atom is -0.391 e. The van der Waals surface area contributed by atoms with Crippen LogP contribution in [0.4, 0.5) is 0 Å². The molecule has 0 aromatic rings. The van der Waals surface area contributed by atoms with Crippen LogP contribution in [0.25, 0.3) is 0 Å². The third-order valence-corrected chi connectivity index (χ3v) is 1.94. The molecule has 4 N–H and O–H groups in total. The standard InChI is InChI=1S/C7H14N2O3S/c1-4(11)6(7(8)12)9-5(2-10)3-13/h2,4-6,9,11,13H,3H2,1H3,(H2,8,12). The van der Waals surface area contributed by atoms with Crippen LogP contribution in [-0.2, 0) is 9.59 Å². The number of rotatable bonds is 6. The van der Waals surface area contributed by atoms with E-state index in [-0.39, 0.29) is 5.75 Å². The summed E-state index contributed by atoms with van der Waals surface area (Å²) in [5, 5.41) is 11.7. The molecule has 13 heavy (non-hydrogen) atoms. The molecule has 0 bridgehead atoms. The molecule has 6 heteroatoms. The highest BCUT2D eigenvalue weighted by Crippen LogP contribution is 1.94. The highest BCUT2D eigenvalue weighted by Gasteiger charge is 2.23. The van der Waals surface area contributed by atoms with Crippen molar-refractivity contribution in [3.05, 3.63) is 0 Å². The van der Waals surface area contributed by atoms with Crippen LogP contribution in [0.2, 0.25) is 0 Å². The number of aldehydes is 1. The summed E-state index contributed by atoms with van der Waals surface area (Å²) in [6.45, 7) is 1.42. The minimum absolute atomic E-state index is 0.250.